The molecule has 148 valence electrons. The summed E-state index contributed by atoms with van der Waals surface area (Å²) in [5.74, 6) is 0. The van der Waals surface area contributed by atoms with Crippen molar-refractivity contribution in [1.29, 1.82) is 0 Å². The Morgan fingerprint density at radius 1 is 1.19 bits per heavy atom. The van der Waals surface area contributed by atoms with Crippen LogP contribution in [0.4, 0.5) is 8.78 Å². The molecule has 2 atom stereocenters. The minimum atomic E-state index is -3.77. The molecule has 26 heavy (non-hydrogen) atoms. The number of benzene rings is 1. The highest BCUT2D eigenvalue weighted by molar-refractivity contribution is 7.89. The maximum absolute atomic E-state index is 13.6. The largest absolute Gasteiger partial charge is 0.396 e. The van der Waals surface area contributed by atoms with E-state index in [2.05, 4.69) is 11.6 Å². The van der Waals surface area contributed by atoms with Gasteiger partial charge in [-0.05, 0) is 37.3 Å². The van der Waals surface area contributed by atoms with Gasteiger partial charge in [0.2, 0.25) is 16.4 Å². The van der Waals surface area contributed by atoms with Gasteiger partial charge in [-0.3, -0.25) is 0 Å². The first kappa shape index (κ1) is 21.3. The van der Waals surface area contributed by atoms with Gasteiger partial charge in [-0.1, -0.05) is 50.3 Å². The number of aliphatic hydroxyl groups excluding tert-OH is 1. The molecule has 1 aromatic carbocycles. The number of unbranched alkanes of at least 4 members (excludes halogenated alkanes) is 3. The molecule has 0 saturated heterocycles. The number of halogens is 2. The molecule has 0 bridgehead atoms. The Morgan fingerprint density at radius 2 is 1.85 bits per heavy atom. The van der Waals surface area contributed by atoms with Crippen molar-refractivity contribution < 1.29 is 22.3 Å². The number of sulfonamides is 1. The van der Waals surface area contributed by atoms with Gasteiger partial charge in [-0.25, -0.2) is 21.9 Å². The van der Waals surface area contributed by atoms with E-state index in [1.54, 1.807) is 12.1 Å². The topological polar surface area (TPSA) is 66.4 Å². The van der Waals surface area contributed by atoms with E-state index in [0.717, 1.165) is 31.2 Å². The van der Waals surface area contributed by atoms with E-state index in [4.69, 9.17) is 0 Å². The highest BCUT2D eigenvalue weighted by atomic mass is 32.2. The van der Waals surface area contributed by atoms with E-state index < -0.39 is 33.9 Å². The van der Waals surface area contributed by atoms with Gasteiger partial charge in [0.05, 0.1) is 16.9 Å². The Labute approximate surface area is 155 Å². The molecule has 2 rings (SSSR count). The number of aryl methyl sites for hydroxylation is 1. The Kier molecular flexibility index (Phi) is 6.80. The molecule has 0 spiro atoms. The lowest BCUT2D eigenvalue weighted by atomic mass is 9.88. The van der Waals surface area contributed by atoms with Gasteiger partial charge in [0.1, 0.15) is 0 Å². The van der Waals surface area contributed by atoms with Gasteiger partial charge in [0.15, 0.2) is 0 Å². The third-order valence-corrected chi connectivity index (χ3v) is 7.14. The summed E-state index contributed by atoms with van der Waals surface area (Å²) in [5, 5.41) is 9.59. The van der Waals surface area contributed by atoms with Crippen LogP contribution < -0.4 is 4.72 Å². The van der Waals surface area contributed by atoms with Crippen LogP contribution >= 0.6 is 0 Å². The highest BCUT2D eigenvalue weighted by Crippen LogP contribution is 2.68. The highest BCUT2D eigenvalue weighted by Gasteiger charge is 2.71. The maximum atomic E-state index is 13.6. The summed E-state index contributed by atoms with van der Waals surface area (Å²) in [6, 6.07) is 6.41. The maximum Gasteiger partial charge on any atom is 0.246 e. The smallest absolute Gasteiger partial charge is 0.246 e. The monoisotopic (exact) mass is 389 g/mol. The zero-order valence-corrected chi connectivity index (χ0v) is 16.3. The molecular formula is C19H29F2NO3S. The van der Waals surface area contributed by atoms with E-state index >= 15 is 0 Å². The summed E-state index contributed by atoms with van der Waals surface area (Å²) in [6.45, 7) is 3.24. The van der Waals surface area contributed by atoms with Crippen LogP contribution in [0.1, 0.15) is 51.0 Å². The molecule has 0 aliphatic heterocycles. The number of rotatable bonds is 11. The normalized spacial score (nSPS) is 25.6. The zero-order valence-electron chi connectivity index (χ0n) is 15.5. The van der Waals surface area contributed by atoms with Gasteiger partial charge >= 0.3 is 0 Å². The molecule has 1 aromatic rings. The van der Waals surface area contributed by atoms with E-state index in [1.807, 2.05) is 6.92 Å². The fraction of sp³-hybridized carbons (Fsp3) is 0.684. The molecule has 0 amide bonds. The van der Waals surface area contributed by atoms with Crippen molar-refractivity contribution in [3.63, 3.8) is 0 Å². The second kappa shape index (κ2) is 8.31. The Bertz CT molecular complexity index is 693. The van der Waals surface area contributed by atoms with Crippen LogP contribution in [0.2, 0.25) is 0 Å². The first-order chi connectivity index (χ1) is 12.2. The Hall–Kier alpha value is -1.05. The van der Waals surface area contributed by atoms with Gasteiger partial charge in [-0.2, -0.15) is 0 Å². The summed E-state index contributed by atoms with van der Waals surface area (Å²) in [7, 11) is -3.77. The van der Waals surface area contributed by atoms with E-state index in [9.17, 15) is 22.3 Å². The second-order valence-corrected chi connectivity index (χ2v) is 9.29. The molecule has 1 fully saturated rings. The third kappa shape index (κ3) is 4.26. The average molecular weight is 390 g/mol. The number of hydrogen-bond donors (Lipinski definition) is 2. The predicted octanol–water partition coefficient (Wildman–Crippen LogP) is 3.88. The summed E-state index contributed by atoms with van der Waals surface area (Å²) < 4.78 is 54.7. The van der Waals surface area contributed by atoms with Crippen molar-refractivity contribution >= 4 is 10.0 Å². The summed E-state index contributed by atoms with van der Waals surface area (Å²) in [5.41, 5.74) is -1.42. The fourth-order valence-electron chi connectivity index (χ4n) is 3.75. The van der Waals surface area contributed by atoms with Crippen molar-refractivity contribution in [3.05, 3.63) is 29.8 Å². The summed E-state index contributed by atoms with van der Waals surface area (Å²) >= 11 is 0. The van der Waals surface area contributed by atoms with Crippen molar-refractivity contribution in [2.45, 2.75) is 63.7 Å². The standard InChI is InChI=1S/C19H29F2NO3S/c1-3-4-5-6-11-18(12-19(18,14-23)17(20)21)13-22-26(24,25)16-9-7-15(2)8-10-16/h7-10,17,22-23H,3-6,11-14H2,1-2H3/t18-,19+/m0/s1. The molecule has 4 nitrogen and oxygen atoms in total. The lowest BCUT2D eigenvalue weighted by Gasteiger charge is -2.24. The van der Waals surface area contributed by atoms with Crippen LogP contribution in [0.5, 0.6) is 0 Å². The molecule has 0 aromatic heterocycles. The minimum Gasteiger partial charge on any atom is -0.396 e. The van der Waals surface area contributed by atoms with Crippen LogP contribution in [0, 0.1) is 17.8 Å². The van der Waals surface area contributed by atoms with Crippen molar-refractivity contribution in [3.8, 4) is 0 Å². The molecule has 1 aliphatic carbocycles. The van der Waals surface area contributed by atoms with Gasteiger partial charge in [0.25, 0.3) is 0 Å². The van der Waals surface area contributed by atoms with Crippen LogP contribution in [0.3, 0.4) is 0 Å². The number of aliphatic hydroxyl groups is 1. The quantitative estimate of drug-likeness (QED) is 0.565. The van der Waals surface area contributed by atoms with E-state index in [-0.39, 0.29) is 17.9 Å². The van der Waals surface area contributed by atoms with Crippen LogP contribution in [-0.4, -0.2) is 33.1 Å². The van der Waals surface area contributed by atoms with Crippen LogP contribution in [0.15, 0.2) is 29.2 Å². The molecule has 7 heteroatoms. The Morgan fingerprint density at radius 3 is 2.35 bits per heavy atom. The van der Waals surface area contributed by atoms with Crippen molar-refractivity contribution in [2.24, 2.45) is 10.8 Å². The van der Waals surface area contributed by atoms with Gasteiger partial charge in [-0.15, -0.1) is 0 Å². The average Bonchev–Trinajstić information content (AvgIpc) is 3.27. The fourth-order valence-corrected chi connectivity index (χ4v) is 4.88. The molecule has 0 unspecified atom stereocenters. The van der Waals surface area contributed by atoms with Crippen LogP contribution in [0.25, 0.3) is 0 Å². The summed E-state index contributed by atoms with van der Waals surface area (Å²) in [6.07, 6.45) is 1.72. The summed E-state index contributed by atoms with van der Waals surface area (Å²) in [4.78, 5) is 0.122. The molecule has 1 saturated carbocycles. The number of hydrogen-bond acceptors (Lipinski definition) is 3. The second-order valence-electron chi connectivity index (χ2n) is 7.52. The molecule has 0 radical (unpaired) electrons. The molecule has 1 aliphatic rings. The lowest BCUT2D eigenvalue weighted by molar-refractivity contribution is -0.00350. The van der Waals surface area contributed by atoms with Gasteiger partial charge < -0.3 is 5.11 Å². The lowest BCUT2D eigenvalue weighted by Crippen LogP contribution is -2.36. The first-order valence-corrected chi connectivity index (χ1v) is 10.7. The molecular weight excluding hydrogens is 360 g/mol. The van der Waals surface area contributed by atoms with Crippen LogP contribution in [-0.2, 0) is 10.0 Å². The number of alkyl halides is 2. The first-order valence-electron chi connectivity index (χ1n) is 9.18. The van der Waals surface area contributed by atoms with E-state index in [1.165, 1.54) is 12.1 Å². The van der Waals surface area contributed by atoms with E-state index in [0.29, 0.717) is 6.42 Å². The predicted molar refractivity (Wildman–Crippen MR) is 97.7 cm³/mol. The SMILES string of the molecule is CCCCCC[C@@]1(CNS(=O)(=O)c2ccc(C)cc2)C[C@@]1(CO)C(F)F. The minimum absolute atomic E-state index is 0.0692. The van der Waals surface area contributed by atoms with Crippen molar-refractivity contribution in [1.82, 2.24) is 4.72 Å². The molecule has 0 heterocycles. The zero-order chi connectivity index (χ0) is 19.4. The molecule has 2 N–H and O–H groups in total. The van der Waals surface area contributed by atoms with Gasteiger partial charge in [0, 0.05) is 6.54 Å². The number of nitrogens with one attached hydrogen (secondary N) is 1. The van der Waals surface area contributed by atoms with Crippen molar-refractivity contribution in [2.75, 3.05) is 13.2 Å². The Balaban J connectivity index is 2.11. The third-order valence-electron chi connectivity index (χ3n) is 5.73.